The van der Waals surface area contributed by atoms with Crippen LogP contribution in [0.3, 0.4) is 0 Å². The van der Waals surface area contributed by atoms with E-state index in [0.717, 1.165) is 36.1 Å². The highest BCUT2D eigenvalue weighted by molar-refractivity contribution is 6.31. The van der Waals surface area contributed by atoms with Crippen molar-refractivity contribution < 1.29 is 19.1 Å². The van der Waals surface area contributed by atoms with Crippen LogP contribution < -0.4 is 10.1 Å². The predicted molar refractivity (Wildman–Crippen MR) is 141 cm³/mol. The molecule has 190 valence electrons. The van der Waals surface area contributed by atoms with Crippen LogP contribution in [0.5, 0.6) is 5.75 Å². The summed E-state index contributed by atoms with van der Waals surface area (Å²) >= 11 is 6.05. The molecule has 3 amide bonds. The second-order valence-electron chi connectivity index (χ2n) is 9.69. The van der Waals surface area contributed by atoms with Crippen LogP contribution >= 0.6 is 11.6 Å². The van der Waals surface area contributed by atoms with E-state index >= 15 is 0 Å². The number of piperidine rings is 1. The standard InChI is InChI=1S/C28H32ClN3O4/c1-20-5-3-4-6-25(20)36-18-27(35)31-14-11-28(12-15-31)13-16-32(19-28)26(34)10-8-22-7-9-23(29)17-24(22)30-21(2)33/h3-10,17H,11-16,18-19H2,1-2H3,(H,30,33)/b10-8+. The van der Waals surface area contributed by atoms with Crippen LogP contribution in [0.2, 0.25) is 5.02 Å². The van der Waals surface area contributed by atoms with Gasteiger partial charge in [-0.1, -0.05) is 35.9 Å². The van der Waals surface area contributed by atoms with Crippen molar-refractivity contribution in [3.05, 3.63) is 64.7 Å². The number of aryl methyl sites for hydroxylation is 1. The number of nitrogens with one attached hydrogen (secondary N) is 1. The number of nitrogens with zero attached hydrogens (tertiary/aromatic N) is 2. The van der Waals surface area contributed by atoms with E-state index in [-0.39, 0.29) is 29.7 Å². The molecule has 0 aliphatic carbocycles. The van der Waals surface area contributed by atoms with Gasteiger partial charge in [-0.05, 0) is 67.0 Å². The SMILES string of the molecule is CC(=O)Nc1cc(Cl)ccc1/C=C/C(=O)N1CCC2(CCN(C(=O)COc3ccccc3C)CC2)C1. The minimum atomic E-state index is -0.203. The molecule has 2 aliphatic heterocycles. The summed E-state index contributed by atoms with van der Waals surface area (Å²) in [5, 5.41) is 3.26. The van der Waals surface area contributed by atoms with Gasteiger partial charge < -0.3 is 19.9 Å². The van der Waals surface area contributed by atoms with Crippen molar-refractivity contribution in [1.82, 2.24) is 9.80 Å². The lowest BCUT2D eigenvalue weighted by Gasteiger charge is -2.39. The lowest BCUT2D eigenvalue weighted by atomic mass is 9.78. The molecule has 2 heterocycles. The number of ether oxygens (including phenoxy) is 1. The Morgan fingerprint density at radius 1 is 1.06 bits per heavy atom. The lowest BCUT2D eigenvalue weighted by Crippen LogP contribution is -2.46. The quantitative estimate of drug-likeness (QED) is 0.580. The largest absolute Gasteiger partial charge is 0.484 e. The van der Waals surface area contributed by atoms with Crippen LogP contribution in [0.25, 0.3) is 6.08 Å². The molecule has 0 radical (unpaired) electrons. The van der Waals surface area contributed by atoms with Gasteiger partial charge in [0.2, 0.25) is 11.8 Å². The van der Waals surface area contributed by atoms with Gasteiger partial charge in [0.25, 0.3) is 5.91 Å². The predicted octanol–water partition coefficient (Wildman–Crippen LogP) is 4.54. The average molecular weight is 510 g/mol. The molecule has 0 saturated carbocycles. The summed E-state index contributed by atoms with van der Waals surface area (Å²) in [6, 6.07) is 12.8. The maximum atomic E-state index is 12.9. The first-order valence-electron chi connectivity index (χ1n) is 12.3. The second kappa shape index (κ2) is 11.2. The van der Waals surface area contributed by atoms with Crippen molar-refractivity contribution in [2.45, 2.75) is 33.1 Å². The number of rotatable bonds is 6. The maximum Gasteiger partial charge on any atom is 0.260 e. The molecular formula is C28H32ClN3O4. The highest BCUT2D eigenvalue weighted by atomic mass is 35.5. The van der Waals surface area contributed by atoms with Gasteiger partial charge in [0, 0.05) is 49.9 Å². The number of benzene rings is 2. The second-order valence-corrected chi connectivity index (χ2v) is 10.1. The fourth-order valence-corrected chi connectivity index (χ4v) is 5.12. The number of carbonyl (C=O) groups is 3. The molecule has 2 fully saturated rings. The highest BCUT2D eigenvalue weighted by Crippen LogP contribution is 2.40. The third-order valence-corrected chi connectivity index (χ3v) is 7.34. The van der Waals surface area contributed by atoms with E-state index in [1.807, 2.05) is 41.0 Å². The smallest absolute Gasteiger partial charge is 0.260 e. The fourth-order valence-electron chi connectivity index (χ4n) is 4.95. The topological polar surface area (TPSA) is 79.0 Å². The van der Waals surface area contributed by atoms with Gasteiger partial charge in [0.05, 0.1) is 0 Å². The molecule has 2 aromatic carbocycles. The highest BCUT2D eigenvalue weighted by Gasteiger charge is 2.42. The molecule has 36 heavy (non-hydrogen) atoms. The Hall–Kier alpha value is -3.32. The molecule has 0 bridgehead atoms. The van der Waals surface area contributed by atoms with Crippen LogP contribution in [0, 0.1) is 12.3 Å². The Kier molecular flexibility index (Phi) is 7.99. The average Bonchev–Trinajstić information content (AvgIpc) is 3.26. The van der Waals surface area contributed by atoms with Crippen molar-refractivity contribution in [2.24, 2.45) is 5.41 Å². The van der Waals surface area contributed by atoms with Gasteiger partial charge >= 0.3 is 0 Å². The summed E-state index contributed by atoms with van der Waals surface area (Å²) in [4.78, 5) is 40.8. The minimum absolute atomic E-state index is 0.0000881. The minimum Gasteiger partial charge on any atom is -0.484 e. The monoisotopic (exact) mass is 509 g/mol. The molecular weight excluding hydrogens is 478 g/mol. The summed E-state index contributed by atoms with van der Waals surface area (Å²) in [6.07, 6.45) is 5.95. The number of halogens is 1. The van der Waals surface area contributed by atoms with E-state index < -0.39 is 0 Å². The Morgan fingerprint density at radius 2 is 1.75 bits per heavy atom. The van der Waals surface area contributed by atoms with Crippen molar-refractivity contribution in [1.29, 1.82) is 0 Å². The molecule has 4 rings (SSSR count). The first-order chi connectivity index (χ1) is 17.2. The number of amides is 3. The maximum absolute atomic E-state index is 12.9. The van der Waals surface area contributed by atoms with Gasteiger partial charge in [0.15, 0.2) is 6.61 Å². The van der Waals surface area contributed by atoms with Crippen molar-refractivity contribution in [3.63, 3.8) is 0 Å². The Morgan fingerprint density at radius 3 is 2.44 bits per heavy atom. The van der Waals surface area contributed by atoms with E-state index in [0.29, 0.717) is 36.9 Å². The van der Waals surface area contributed by atoms with Crippen LogP contribution in [-0.4, -0.2) is 60.3 Å². The van der Waals surface area contributed by atoms with Crippen LogP contribution in [-0.2, 0) is 14.4 Å². The van der Waals surface area contributed by atoms with E-state index in [9.17, 15) is 14.4 Å². The Balaban J connectivity index is 1.29. The molecule has 1 spiro atoms. The zero-order valence-corrected chi connectivity index (χ0v) is 21.5. The number of likely N-dealkylation sites (tertiary alicyclic amines) is 2. The third-order valence-electron chi connectivity index (χ3n) is 7.10. The number of hydrogen-bond acceptors (Lipinski definition) is 4. The Labute approximate surface area is 217 Å². The molecule has 2 saturated heterocycles. The summed E-state index contributed by atoms with van der Waals surface area (Å²) in [5.74, 6) is 0.479. The summed E-state index contributed by atoms with van der Waals surface area (Å²) in [5.41, 5.74) is 2.35. The van der Waals surface area contributed by atoms with Crippen LogP contribution in [0.1, 0.15) is 37.3 Å². The van der Waals surface area contributed by atoms with Gasteiger partial charge in [-0.2, -0.15) is 0 Å². The molecule has 0 aromatic heterocycles. The molecule has 0 unspecified atom stereocenters. The van der Waals surface area contributed by atoms with Gasteiger partial charge in [-0.3, -0.25) is 14.4 Å². The van der Waals surface area contributed by atoms with E-state index in [1.54, 1.807) is 30.4 Å². The van der Waals surface area contributed by atoms with E-state index in [4.69, 9.17) is 16.3 Å². The summed E-state index contributed by atoms with van der Waals surface area (Å²) < 4.78 is 5.73. The number of hydrogen-bond donors (Lipinski definition) is 1. The van der Waals surface area contributed by atoms with Crippen LogP contribution in [0.15, 0.2) is 48.5 Å². The summed E-state index contributed by atoms with van der Waals surface area (Å²) in [7, 11) is 0. The number of anilines is 1. The van der Waals surface area contributed by atoms with Gasteiger partial charge in [-0.15, -0.1) is 0 Å². The molecule has 2 aliphatic rings. The number of carbonyl (C=O) groups excluding carboxylic acids is 3. The normalized spacial score (nSPS) is 17.0. The first-order valence-corrected chi connectivity index (χ1v) is 12.6. The van der Waals surface area contributed by atoms with Gasteiger partial charge in [-0.25, -0.2) is 0 Å². The third kappa shape index (κ3) is 6.26. The lowest BCUT2D eigenvalue weighted by molar-refractivity contribution is -0.136. The fraction of sp³-hybridized carbons (Fsp3) is 0.393. The molecule has 8 heteroatoms. The Bertz CT molecular complexity index is 1170. The van der Waals surface area contributed by atoms with Crippen molar-refractivity contribution in [3.8, 4) is 5.75 Å². The van der Waals surface area contributed by atoms with Crippen LogP contribution in [0.4, 0.5) is 5.69 Å². The zero-order valence-electron chi connectivity index (χ0n) is 20.8. The van der Waals surface area contributed by atoms with E-state index in [1.165, 1.54) is 6.92 Å². The molecule has 7 nitrogen and oxygen atoms in total. The first kappa shape index (κ1) is 25.8. The molecule has 0 atom stereocenters. The molecule has 1 N–H and O–H groups in total. The molecule has 2 aromatic rings. The zero-order chi connectivity index (χ0) is 25.7. The van der Waals surface area contributed by atoms with Gasteiger partial charge in [0.1, 0.15) is 5.75 Å². The summed E-state index contributed by atoms with van der Waals surface area (Å²) in [6.45, 7) is 6.18. The van der Waals surface area contributed by atoms with E-state index in [2.05, 4.69) is 5.32 Å². The van der Waals surface area contributed by atoms with Crippen molar-refractivity contribution in [2.75, 3.05) is 38.1 Å². The van der Waals surface area contributed by atoms with Crippen molar-refractivity contribution >= 4 is 41.1 Å². The number of para-hydroxylation sites is 1.